The number of ether oxygens (including phenoxy) is 1. The molecule has 2 aromatic rings. The van der Waals surface area contributed by atoms with Gasteiger partial charge in [-0.25, -0.2) is 9.78 Å². The Morgan fingerprint density at radius 1 is 1.23 bits per heavy atom. The zero-order chi connectivity index (χ0) is 15.8. The summed E-state index contributed by atoms with van der Waals surface area (Å²) >= 11 is 0. The van der Waals surface area contributed by atoms with Crippen LogP contribution in [0.25, 0.3) is 6.08 Å². The SMILES string of the molecule is CCCOc1ncccc1CC(=Cc1ccccc1)C(=O)O. The average Bonchev–Trinajstić information content (AvgIpc) is 2.54. The highest BCUT2D eigenvalue weighted by atomic mass is 16.5. The van der Waals surface area contributed by atoms with E-state index in [4.69, 9.17) is 4.74 Å². The normalized spacial score (nSPS) is 11.2. The average molecular weight is 297 g/mol. The number of hydrogen-bond donors (Lipinski definition) is 1. The summed E-state index contributed by atoms with van der Waals surface area (Å²) in [5, 5.41) is 9.43. The summed E-state index contributed by atoms with van der Waals surface area (Å²) in [6.07, 6.45) is 4.48. The van der Waals surface area contributed by atoms with E-state index in [1.807, 2.05) is 43.3 Å². The number of rotatable bonds is 7. The fourth-order valence-corrected chi connectivity index (χ4v) is 2.03. The lowest BCUT2D eigenvalue weighted by Crippen LogP contribution is -2.07. The Morgan fingerprint density at radius 2 is 2.00 bits per heavy atom. The molecule has 0 atom stereocenters. The van der Waals surface area contributed by atoms with Gasteiger partial charge in [-0.15, -0.1) is 0 Å². The molecule has 0 aliphatic heterocycles. The number of aromatic nitrogens is 1. The van der Waals surface area contributed by atoms with E-state index in [9.17, 15) is 9.90 Å². The van der Waals surface area contributed by atoms with Crippen molar-refractivity contribution < 1.29 is 14.6 Å². The number of benzene rings is 1. The minimum Gasteiger partial charge on any atom is -0.478 e. The topological polar surface area (TPSA) is 59.4 Å². The van der Waals surface area contributed by atoms with E-state index < -0.39 is 5.97 Å². The van der Waals surface area contributed by atoms with Crippen LogP contribution in [0.1, 0.15) is 24.5 Å². The van der Waals surface area contributed by atoms with Crippen LogP contribution in [0.5, 0.6) is 5.88 Å². The summed E-state index contributed by atoms with van der Waals surface area (Å²) in [7, 11) is 0. The van der Waals surface area contributed by atoms with Gasteiger partial charge in [0.05, 0.1) is 6.61 Å². The van der Waals surface area contributed by atoms with Gasteiger partial charge in [-0.3, -0.25) is 0 Å². The first kappa shape index (κ1) is 15.8. The number of hydrogen-bond acceptors (Lipinski definition) is 3. The largest absolute Gasteiger partial charge is 0.478 e. The van der Waals surface area contributed by atoms with E-state index in [2.05, 4.69) is 4.98 Å². The Bertz CT molecular complexity index is 650. The Morgan fingerprint density at radius 3 is 2.68 bits per heavy atom. The monoisotopic (exact) mass is 297 g/mol. The molecule has 0 radical (unpaired) electrons. The summed E-state index contributed by atoms with van der Waals surface area (Å²) in [6, 6.07) is 13.0. The summed E-state index contributed by atoms with van der Waals surface area (Å²) < 4.78 is 5.59. The number of aliphatic carboxylic acids is 1. The van der Waals surface area contributed by atoms with Crippen molar-refractivity contribution in [2.24, 2.45) is 0 Å². The molecule has 0 amide bonds. The molecule has 0 aliphatic rings. The summed E-state index contributed by atoms with van der Waals surface area (Å²) in [5.74, 6) is -0.432. The molecule has 4 heteroatoms. The standard InChI is InChI=1S/C18H19NO3/c1-2-11-22-17-15(9-6-10-19-17)13-16(18(20)21)12-14-7-4-3-5-8-14/h3-10,12H,2,11,13H2,1H3,(H,20,21). The molecular formula is C18H19NO3. The highest BCUT2D eigenvalue weighted by molar-refractivity contribution is 5.92. The van der Waals surface area contributed by atoms with Crippen LogP contribution < -0.4 is 4.74 Å². The molecular weight excluding hydrogens is 278 g/mol. The maximum Gasteiger partial charge on any atom is 0.331 e. The van der Waals surface area contributed by atoms with E-state index in [0.717, 1.165) is 17.5 Å². The minimum absolute atomic E-state index is 0.275. The Balaban J connectivity index is 2.26. The third kappa shape index (κ3) is 4.45. The van der Waals surface area contributed by atoms with Crippen molar-refractivity contribution in [3.63, 3.8) is 0 Å². The molecule has 1 heterocycles. The summed E-state index contributed by atoms with van der Waals surface area (Å²) in [6.45, 7) is 2.58. The van der Waals surface area contributed by atoms with Gasteiger partial charge in [-0.2, -0.15) is 0 Å². The first-order valence-electron chi connectivity index (χ1n) is 7.26. The van der Waals surface area contributed by atoms with Crippen LogP contribution >= 0.6 is 0 Å². The van der Waals surface area contributed by atoms with E-state index in [1.54, 1.807) is 18.3 Å². The van der Waals surface area contributed by atoms with Crippen molar-refractivity contribution in [3.8, 4) is 5.88 Å². The highest BCUT2D eigenvalue weighted by Gasteiger charge is 2.13. The number of carboxylic acid groups (broad SMARTS) is 1. The number of nitrogens with zero attached hydrogens (tertiary/aromatic N) is 1. The van der Waals surface area contributed by atoms with Gasteiger partial charge < -0.3 is 9.84 Å². The first-order valence-corrected chi connectivity index (χ1v) is 7.26. The van der Waals surface area contributed by atoms with Crippen LogP contribution in [0.15, 0.2) is 54.2 Å². The predicted molar refractivity (Wildman–Crippen MR) is 85.8 cm³/mol. The second-order valence-electron chi connectivity index (χ2n) is 4.88. The van der Waals surface area contributed by atoms with Crippen molar-refractivity contribution >= 4 is 12.0 Å². The zero-order valence-electron chi connectivity index (χ0n) is 12.5. The van der Waals surface area contributed by atoms with Crippen molar-refractivity contribution in [2.75, 3.05) is 6.61 Å². The van der Waals surface area contributed by atoms with Crippen LogP contribution in [-0.2, 0) is 11.2 Å². The molecule has 0 fully saturated rings. The molecule has 1 aromatic heterocycles. The fourth-order valence-electron chi connectivity index (χ4n) is 2.03. The zero-order valence-corrected chi connectivity index (χ0v) is 12.5. The summed E-state index contributed by atoms with van der Waals surface area (Å²) in [5.41, 5.74) is 1.95. The van der Waals surface area contributed by atoms with Gasteiger partial charge in [0.25, 0.3) is 0 Å². The van der Waals surface area contributed by atoms with Crippen molar-refractivity contribution in [3.05, 3.63) is 65.4 Å². The van der Waals surface area contributed by atoms with E-state index in [1.165, 1.54) is 0 Å². The lowest BCUT2D eigenvalue weighted by molar-refractivity contribution is -0.132. The first-order chi connectivity index (χ1) is 10.7. The van der Waals surface area contributed by atoms with Gasteiger partial charge in [0.2, 0.25) is 5.88 Å². The third-order valence-corrected chi connectivity index (χ3v) is 3.09. The molecule has 0 aliphatic carbocycles. The van der Waals surface area contributed by atoms with Gasteiger partial charge in [0.1, 0.15) is 0 Å². The molecule has 0 spiro atoms. The van der Waals surface area contributed by atoms with Crippen molar-refractivity contribution in [2.45, 2.75) is 19.8 Å². The second-order valence-corrected chi connectivity index (χ2v) is 4.88. The van der Waals surface area contributed by atoms with Crippen LogP contribution in [0.3, 0.4) is 0 Å². The van der Waals surface area contributed by atoms with Crippen LogP contribution in [0, 0.1) is 0 Å². The van der Waals surface area contributed by atoms with Crippen molar-refractivity contribution in [1.82, 2.24) is 4.98 Å². The van der Waals surface area contributed by atoms with Crippen LogP contribution in [-0.4, -0.2) is 22.7 Å². The maximum atomic E-state index is 11.5. The maximum absolute atomic E-state index is 11.5. The minimum atomic E-state index is -0.936. The Hall–Kier alpha value is -2.62. The number of pyridine rings is 1. The molecule has 1 aromatic carbocycles. The lowest BCUT2D eigenvalue weighted by atomic mass is 10.0. The van der Waals surface area contributed by atoms with Crippen molar-refractivity contribution in [1.29, 1.82) is 0 Å². The highest BCUT2D eigenvalue weighted by Crippen LogP contribution is 2.20. The quantitative estimate of drug-likeness (QED) is 0.794. The fraction of sp³-hybridized carbons (Fsp3) is 0.222. The molecule has 1 N–H and O–H groups in total. The van der Waals surface area contributed by atoms with Gasteiger partial charge in [0.15, 0.2) is 0 Å². The molecule has 0 saturated heterocycles. The predicted octanol–water partition coefficient (Wildman–Crippen LogP) is 3.58. The van der Waals surface area contributed by atoms with Gasteiger partial charge in [-0.1, -0.05) is 43.3 Å². The molecule has 0 saturated carbocycles. The Labute approximate surface area is 130 Å². The van der Waals surface area contributed by atoms with Crippen LogP contribution in [0.2, 0.25) is 0 Å². The lowest BCUT2D eigenvalue weighted by Gasteiger charge is -2.10. The Kier molecular flexibility index (Phi) is 5.72. The van der Waals surface area contributed by atoms with E-state index in [0.29, 0.717) is 18.1 Å². The molecule has 0 unspecified atom stereocenters. The van der Waals surface area contributed by atoms with E-state index in [-0.39, 0.29) is 6.42 Å². The number of carboxylic acids is 1. The van der Waals surface area contributed by atoms with Gasteiger partial charge in [-0.05, 0) is 24.1 Å². The molecule has 2 rings (SSSR count). The molecule has 0 bridgehead atoms. The molecule has 22 heavy (non-hydrogen) atoms. The van der Waals surface area contributed by atoms with E-state index >= 15 is 0 Å². The van der Waals surface area contributed by atoms with Crippen LogP contribution in [0.4, 0.5) is 0 Å². The van der Waals surface area contributed by atoms with Gasteiger partial charge >= 0.3 is 5.97 Å². The molecule has 114 valence electrons. The second kappa shape index (κ2) is 7.98. The van der Waals surface area contributed by atoms with Gasteiger partial charge in [0, 0.05) is 23.8 Å². The third-order valence-electron chi connectivity index (χ3n) is 3.09. The molecule has 4 nitrogen and oxygen atoms in total. The summed E-state index contributed by atoms with van der Waals surface area (Å²) in [4.78, 5) is 15.7. The number of carbonyl (C=O) groups is 1. The smallest absolute Gasteiger partial charge is 0.331 e.